The molecule has 0 aliphatic heterocycles. The van der Waals surface area contributed by atoms with Crippen LogP contribution in [0.4, 0.5) is 0 Å². The van der Waals surface area contributed by atoms with Gasteiger partial charge in [0.05, 0.1) is 12.8 Å². The van der Waals surface area contributed by atoms with E-state index in [0.29, 0.717) is 16.5 Å². The summed E-state index contributed by atoms with van der Waals surface area (Å²) in [5, 5.41) is 12.3. The number of hydrogen-bond acceptors (Lipinski definition) is 6. The Balaban J connectivity index is 2.20. The lowest BCUT2D eigenvalue weighted by Crippen LogP contribution is -2.13. The van der Waals surface area contributed by atoms with Crippen LogP contribution < -0.4 is 10.5 Å². The van der Waals surface area contributed by atoms with Gasteiger partial charge in [0.25, 0.3) is 5.22 Å². The van der Waals surface area contributed by atoms with Crippen LogP contribution in [0.25, 0.3) is 0 Å². The van der Waals surface area contributed by atoms with Crippen molar-refractivity contribution >= 4 is 17.6 Å². The van der Waals surface area contributed by atoms with Crippen molar-refractivity contribution in [2.45, 2.75) is 17.9 Å². The number of oxime groups is 1. The number of methoxy groups -OCH3 is 1. The average molecular weight is 293 g/mol. The number of ether oxygens (including phenoxy) is 1. The van der Waals surface area contributed by atoms with Crippen molar-refractivity contribution in [3.63, 3.8) is 0 Å². The second-order valence-electron chi connectivity index (χ2n) is 4.06. The van der Waals surface area contributed by atoms with Crippen LogP contribution in [0.1, 0.15) is 16.8 Å². The zero-order valence-electron chi connectivity index (χ0n) is 11.2. The summed E-state index contributed by atoms with van der Waals surface area (Å²) in [4.78, 5) is 4.22. The van der Waals surface area contributed by atoms with E-state index in [9.17, 15) is 0 Å². The predicted molar refractivity (Wildman–Crippen MR) is 76.3 cm³/mol. The van der Waals surface area contributed by atoms with Crippen LogP contribution in [0.3, 0.4) is 0 Å². The number of hydrogen-bond donors (Lipinski definition) is 2. The van der Waals surface area contributed by atoms with E-state index < -0.39 is 0 Å². The average Bonchev–Trinajstić information content (AvgIpc) is 2.89. The smallest absolute Gasteiger partial charge is 0.256 e. The van der Waals surface area contributed by atoms with Gasteiger partial charge in [-0.15, -0.1) is 0 Å². The van der Waals surface area contributed by atoms with Gasteiger partial charge in [0.2, 0.25) is 0 Å². The van der Waals surface area contributed by atoms with E-state index in [2.05, 4.69) is 10.1 Å². The number of thioether (sulfide) groups is 1. The minimum Gasteiger partial charge on any atom is -0.496 e. The Bertz CT molecular complexity index is 625. The lowest BCUT2D eigenvalue weighted by molar-refractivity contribution is 0.318. The first-order valence-electron chi connectivity index (χ1n) is 5.83. The number of oxazole rings is 1. The van der Waals surface area contributed by atoms with Gasteiger partial charge in [0.1, 0.15) is 12.0 Å². The summed E-state index contributed by atoms with van der Waals surface area (Å²) in [7, 11) is 1.60. The van der Waals surface area contributed by atoms with Gasteiger partial charge in [-0.2, -0.15) is 0 Å². The Kier molecular flexibility index (Phi) is 4.52. The third-order valence-corrected chi connectivity index (χ3v) is 3.52. The summed E-state index contributed by atoms with van der Waals surface area (Å²) in [5.41, 5.74) is 7.97. The molecule has 0 aliphatic rings. The summed E-state index contributed by atoms with van der Waals surface area (Å²) in [6.45, 7) is 1.87. The van der Waals surface area contributed by atoms with E-state index in [0.717, 1.165) is 17.0 Å². The zero-order chi connectivity index (χ0) is 14.5. The molecule has 0 fully saturated rings. The minimum atomic E-state index is 0.0610. The summed E-state index contributed by atoms with van der Waals surface area (Å²) in [6, 6.07) is 5.33. The van der Waals surface area contributed by atoms with Crippen LogP contribution in [-0.4, -0.2) is 23.1 Å². The van der Waals surface area contributed by atoms with E-state index in [1.807, 2.05) is 13.0 Å². The highest BCUT2D eigenvalue weighted by Gasteiger charge is 2.09. The first-order chi connectivity index (χ1) is 9.63. The Morgan fingerprint density at radius 2 is 2.35 bits per heavy atom. The van der Waals surface area contributed by atoms with Crippen LogP contribution in [0.2, 0.25) is 0 Å². The molecule has 20 heavy (non-hydrogen) atoms. The van der Waals surface area contributed by atoms with Crippen molar-refractivity contribution in [1.82, 2.24) is 4.98 Å². The second kappa shape index (κ2) is 6.33. The fraction of sp³-hybridized carbons (Fsp3) is 0.231. The molecular weight excluding hydrogens is 278 g/mol. The SMILES string of the molecule is COc1ccc(/C(N)=N/O)cc1CSc1nc(C)co1. The molecule has 0 aliphatic carbocycles. The summed E-state index contributed by atoms with van der Waals surface area (Å²) < 4.78 is 10.6. The summed E-state index contributed by atoms with van der Waals surface area (Å²) in [5.74, 6) is 1.40. The molecule has 2 rings (SSSR count). The Morgan fingerprint density at radius 3 is 2.95 bits per heavy atom. The fourth-order valence-corrected chi connectivity index (χ4v) is 2.48. The molecule has 3 N–H and O–H groups in total. The number of rotatable bonds is 5. The molecule has 2 aromatic rings. The van der Waals surface area contributed by atoms with E-state index in [1.54, 1.807) is 25.5 Å². The molecule has 0 amide bonds. The van der Waals surface area contributed by atoms with Crippen molar-refractivity contribution in [2.75, 3.05) is 7.11 Å². The molecule has 0 bridgehead atoms. The molecule has 7 heteroatoms. The van der Waals surface area contributed by atoms with Gasteiger partial charge in [-0.25, -0.2) is 4.98 Å². The van der Waals surface area contributed by atoms with Crippen LogP contribution in [0.15, 0.2) is 39.3 Å². The molecule has 0 saturated heterocycles. The standard InChI is InChI=1S/C13H15N3O3S/c1-8-6-19-13(15-8)20-7-10-5-9(12(14)16-17)3-4-11(10)18-2/h3-6,17H,7H2,1-2H3,(H2,14,16). The van der Waals surface area contributed by atoms with Gasteiger partial charge < -0.3 is 20.1 Å². The predicted octanol–water partition coefficient (Wildman–Crippen LogP) is 2.38. The topological polar surface area (TPSA) is 93.9 Å². The normalized spacial score (nSPS) is 11.6. The van der Waals surface area contributed by atoms with Gasteiger partial charge in [-0.05, 0) is 25.1 Å². The van der Waals surface area contributed by atoms with Crippen molar-refractivity contribution < 1.29 is 14.4 Å². The van der Waals surface area contributed by atoms with Crippen LogP contribution in [0.5, 0.6) is 5.75 Å². The van der Waals surface area contributed by atoms with Gasteiger partial charge in [-0.3, -0.25) is 0 Å². The van der Waals surface area contributed by atoms with Crippen molar-refractivity contribution in [1.29, 1.82) is 0 Å². The highest BCUT2D eigenvalue weighted by Crippen LogP contribution is 2.28. The molecule has 0 unspecified atom stereocenters. The monoisotopic (exact) mass is 293 g/mol. The van der Waals surface area contributed by atoms with Crippen molar-refractivity contribution in [2.24, 2.45) is 10.9 Å². The van der Waals surface area contributed by atoms with Gasteiger partial charge in [-0.1, -0.05) is 16.9 Å². The maximum atomic E-state index is 8.72. The maximum Gasteiger partial charge on any atom is 0.256 e. The molecule has 0 spiro atoms. The van der Waals surface area contributed by atoms with Crippen molar-refractivity contribution in [3.8, 4) is 5.75 Å². The Labute approximate surface area is 120 Å². The molecule has 0 radical (unpaired) electrons. The van der Waals surface area contributed by atoms with E-state index in [4.69, 9.17) is 20.1 Å². The number of nitrogens with two attached hydrogens (primary N) is 1. The maximum absolute atomic E-state index is 8.72. The summed E-state index contributed by atoms with van der Waals surface area (Å²) >= 11 is 1.45. The highest BCUT2D eigenvalue weighted by molar-refractivity contribution is 7.98. The first kappa shape index (κ1) is 14.3. The molecule has 0 saturated carbocycles. The highest BCUT2D eigenvalue weighted by atomic mass is 32.2. The number of amidine groups is 1. The number of aromatic nitrogens is 1. The Hall–Kier alpha value is -2.15. The molecule has 1 heterocycles. The molecule has 1 aromatic heterocycles. The molecule has 1 aromatic carbocycles. The second-order valence-corrected chi connectivity index (χ2v) is 4.98. The number of nitrogens with zero attached hydrogens (tertiary/aromatic N) is 2. The Morgan fingerprint density at radius 1 is 1.55 bits per heavy atom. The third-order valence-electron chi connectivity index (χ3n) is 2.63. The van der Waals surface area contributed by atoms with Gasteiger partial charge in [0.15, 0.2) is 5.84 Å². The van der Waals surface area contributed by atoms with Gasteiger partial charge in [0, 0.05) is 16.9 Å². The molecular formula is C13H15N3O3S. The van der Waals surface area contributed by atoms with Crippen molar-refractivity contribution in [3.05, 3.63) is 41.3 Å². The van der Waals surface area contributed by atoms with E-state index >= 15 is 0 Å². The number of aryl methyl sites for hydroxylation is 1. The largest absolute Gasteiger partial charge is 0.496 e. The first-order valence-corrected chi connectivity index (χ1v) is 6.82. The van der Waals surface area contributed by atoms with E-state index in [1.165, 1.54) is 11.8 Å². The molecule has 6 nitrogen and oxygen atoms in total. The third kappa shape index (κ3) is 3.24. The van der Waals surface area contributed by atoms with Crippen LogP contribution in [-0.2, 0) is 5.75 Å². The molecule has 0 atom stereocenters. The quantitative estimate of drug-likeness (QED) is 0.289. The molecule has 106 valence electrons. The van der Waals surface area contributed by atoms with E-state index in [-0.39, 0.29) is 5.84 Å². The fourth-order valence-electron chi connectivity index (χ4n) is 1.65. The summed E-state index contributed by atoms with van der Waals surface area (Å²) in [6.07, 6.45) is 1.60. The minimum absolute atomic E-state index is 0.0610. The van der Waals surface area contributed by atoms with Crippen LogP contribution >= 0.6 is 11.8 Å². The lowest BCUT2D eigenvalue weighted by atomic mass is 10.1. The zero-order valence-corrected chi connectivity index (χ0v) is 12.0. The lowest BCUT2D eigenvalue weighted by Gasteiger charge is -2.09. The van der Waals surface area contributed by atoms with Crippen LogP contribution in [0, 0.1) is 6.92 Å². The van der Waals surface area contributed by atoms with Gasteiger partial charge >= 0.3 is 0 Å². The number of benzene rings is 1.